The predicted molar refractivity (Wildman–Crippen MR) is 119 cm³/mol. The second kappa shape index (κ2) is 10.4. The fraction of sp³-hybridized carbons (Fsp3) is 0.364. The lowest BCUT2D eigenvalue weighted by atomic mass is 9.96. The molecular weight excluding hydrogens is 457 g/mol. The van der Waals surface area contributed by atoms with Gasteiger partial charge in [-0.3, -0.25) is 9.59 Å². The van der Waals surface area contributed by atoms with E-state index in [-0.39, 0.29) is 36.1 Å². The highest BCUT2D eigenvalue weighted by Gasteiger charge is 2.33. The van der Waals surface area contributed by atoms with Crippen molar-refractivity contribution in [3.63, 3.8) is 0 Å². The second-order valence-electron chi connectivity index (χ2n) is 7.83. The normalized spacial score (nSPS) is 18.1. The number of sulfonamides is 1. The molecule has 2 aromatic carbocycles. The van der Waals surface area contributed by atoms with Crippen LogP contribution in [0.25, 0.3) is 0 Å². The van der Waals surface area contributed by atoms with E-state index < -0.39 is 27.8 Å². The molecule has 1 fully saturated rings. The summed E-state index contributed by atoms with van der Waals surface area (Å²) in [4.78, 5) is 24.7. The quantitative estimate of drug-likeness (QED) is 0.603. The summed E-state index contributed by atoms with van der Waals surface area (Å²) in [7, 11) is -3.74. The van der Waals surface area contributed by atoms with Crippen molar-refractivity contribution in [2.75, 3.05) is 19.6 Å². The van der Waals surface area contributed by atoms with E-state index in [1.54, 1.807) is 12.1 Å². The summed E-state index contributed by atoms with van der Waals surface area (Å²) in [6.45, 7) is 0.394. The first kappa shape index (κ1) is 24.2. The van der Waals surface area contributed by atoms with Crippen molar-refractivity contribution < 1.29 is 22.4 Å². The summed E-state index contributed by atoms with van der Waals surface area (Å²) >= 11 is 5.84. The number of carbonyl (C=O) groups is 2. The van der Waals surface area contributed by atoms with E-state index >= 15 is 0 Å². The molecule has 0 aliphatic carbocycles. The van der Waals surface area contributed by atoms with Crippen LogP contribution in [-0.2, 0) is 26.0 Å². The zero-order chi connectivity index (χ0) is 23.3. The Hall–Kier alpha value is -2.49. The number of nitrogens with two attached hydrogens (primary N) is 1. The molecule has 32 heavy (non-hydrogen) atoms. The van der Waals surface area contributed by atoms with E-state index in [0.29, 0.717) is 24.4 Å². The SMILES string of the molecule is NC(=O)C(CNC(=O)C1CCCN(S(=O)(=O)c2ccc(Cl)cc2)C1)Cc1ccc(F)cc1. The summed E-state index contributed by atoms with van der Waals surface area (Å²) in [6, 6.07) is 11.6. The van der Waals surface area contributed by atoms with Crippen LogP contribution >= 0.6 is 11.6 Å². The third kappa shape index (κ3) is 6.05. The number of carbonyl (C=O) groups excluding carboxylic acids is 2. The molecule has 0 spiro atoms. The second-order valence-corrected chi connectivity index (χ2v) is 10.2. The first-order valence-corrected chi connectivity index (χ1v) is 12.1. The average Bonchev–Trinajstić information content (AvgIpc) is 2.78. The summed E-state index contributed by atoms with van der Waals surface area (Å²) in [5.41, 5.74) is 6.20. The molecule has 1 saturated heterocycles. The third-order valence-corrected chi connectivity index (χ3v) is 7.66. The number of rotatable bonds is 8. The van der Waals surface area contributed by atoms with Crippen LogP contribution in [0.1, 0.15) is 18.4 Å². The van der Waals surface area contributed by atoms with E-state index in [9.17, 15) is 22.4 Å². The number of amides is 2. The minimum atomic E-state index is -3.74. The minimum Gasteiger partial charge on any atom is -0.369 e. The Morgan fingerprint density at radius 2 is 1.81 bits per heavy atom. The summed E-state index contributed by atoms with van der Waals surface area (Å²) in [5.74, 6) is -2.49. The van der Waals surface area contributed by atoms with Gasteiger partial charge in [-0.1, -0.05) is 23.7 Å². The Labute approximate surface area is 191 Å². The van der Waals surface area contributed by atoms with Crippen LogP contribution in [0.4, 0.5) is 4.39 Å². The van der Waals surface area contributed by atoms with Gasteiger partial charge in [0.25, 0.3) is 0 Å². The number of primary amides is 1. The van der Waals surface area contributed by atoms with Gasteiger partial charge in [-0.25, -0.2) is 12.8 Å². The first-order valence-electron chi connectivity index (χ1n) is 10.2. The fourth-order valence-electron chi connectivity index (χ4n) is 3.68. The van der Waals surface area contributed by atoms with Gasteiger partial charge in [0.1, 0.15) is 5.82 Å². The molecule has 172 valence electrons. The molecule has 0 saturated carbocycles. The topological polar surface area (TPSA) is 110 Å². The van der Waals surface area contributed by atoms with Gasteiger partial charge in [-0.2, -0.15) is 4.31 Å². The predicted octanol–water partition coefficient (Wildman–Crippen LogP) is 2.34. The molecule has 0 aromatic heterocycles. The van der Waals surface area contributed by atoms with E-state index in [1.807, 2.05) is 0 Å². The third-order valence-electron chi connectivity index (χ3n) is 5.53. The molecule has 7 nitrogen and oxygen atoms in total. The van der Waals surface area contributed by atoms with Gasteiger partial charge in [-0.05, 0) is 61.2 Å². The maximum Gasteiger partial charge on any atom is 0.243 e. The van der Waals surface area contributed by atoms with Gasteiger partial charge < -0.3 is 11.1 Å². The number of nitrogens with zero attached hydrogens (tertiary/aromatic N) is 1. The Balaban J connectivity index is 1.61. The van der Waals surface area contributed by atoms with Crippen LogP contribution in [0.15, 0.2) is 53.4 Å². The van der Waals surface area contributed by atoms with Gasteiger partial charge in [0.05, 0.1) is 16.7 Å². The van der Waals surface area contributed by atoms with Crippen LogP contribution in [0.3, 0.4) is 0 Å². The maximum absolute atomic E-state index is 13.1. The van der Waals surface area contributed by atoms with Gasteiger partial charge in [0.15, 0.2) is 0 Å². The Morgan fingerprint density at radius 3 is 2.44 bits per heavy atom. The van der Waals surface area contributed by atoms with Crippen molar-refractivity contribution in [3.8, 4) is 0 Å². The molecular formula is C22H25ClFN3O4S. The molecule has 2 amide bonds. The van der Waals surface area contributed by atoms with Crippen molar-refractivity contribution in [1.29, 1.82) is 0 Å². The molecule has 0 radical (unpaired) electrons. The summed E-state index contributed by atoms with van der Waals surface area (Å²) in [6.07, 6.45) is 1.34. The van der Waals surface area contributed by atoms with Crippen molar-refractivity contribution in [2.24, 2.45) is 17.6 Å². The van der Waals surface area contributed by atoms with Crippen LogP contribution in [0.5, 0.6) is 0 Å². The molecule has 1 aliphatic rings. The Kier molecular flexibility index (Phi) is 7.86. The van der Waals surface area contributed by atoms with Crippen molar-refractivity contribution >= 4 is 33.4 Å². The van der Waals surface area contributed by atoms with Crippen molar-refractivity contribution in [1.82, 2.24) is 9.62 Å². The molecule has 2 aromatic rings. The van der Waals surface area contributed by atoms with E-state index in [4.69, 9.17) is 17.3 Å². The lowest BCUT2D eigenvalue weighted by molar-refractivity contribution is -0.127. The highest BCUT2D eigenvalue weighted by atomic mass is 35.5. The van der Waals surface area contributed by atoms with Gasteiger partial charge >= 0.3 is 0 Å². The molecule has 3 rings (SSSR count). The number of benzene rings is 2. The Bertz CT molecular complexity index is 1060. The zero-order valence-corrected chi connectivity index (χ0v) is 18.9. The number of hydrogen-bond acceptors (Lipinski definition) is 4. The summed E-state index contributed by atoms with van der Waals surface area (Å²) in [5, 5.41) is 3.17. The van der Waals surface area contributed by atoms with Crippen LogP contribution in [0, 0.1) is 17.7 Å². The highest BCUT2D eigenvalue weighted by Crippen LogP contribution is 2.25. The lowest BCUT2D eigenvalue weighted by Crippen LogP contribution is -2.47. The van der Waals surface area contributed by atoms with Crippen LogP contribution < -0.4 is 11.1 Å². The number of nitrogens with one attached hydrogen (secondary N) is 1. The van der Waals surface area contributed by atoms with E-state index in [2.05, 4.69) is 5.32 Å². The van der Waals surface area contributed by atoms with Crippen LogP contribution in [0.2, 0.25) is 5.02 Å². The smallest absolute Gasteiger partial charge is 0.243 e. The fourth-order valence-corrected chi connectivity index (χ4v) is 5.33. The van der Waals surface area contributed by atoms with Crippen molar-refractivity contribution in [3.05, 3.63) is 64.9 Å². The zero-order valence-electron chi connectivity index (χ0n) is 17.3. The lowest BCUT2D eigenvalue weighted by Gasteiger charge is -2.31. The maximum atomic E-state index is 13.1. The molecule has 2 unspecified atom stereocenters. The molecule has 3 N–H and O–H groups in total. The van der Waals surface area contributed by atoms with Gasteiger partial charge in [0.2, 0.25) is 21.8 Å². The van der Waals surface area contributed by atoms with Gasteiger partial charge in [-0.15, -0.1) is 0 Å². The van der Waals surface area contributed by atoms with Crippen LogP contribution in [-0.4, -0.2) is 44.2 Å². The number of halogens is 2. The average molecular weight is 482 g/mol. The van der Waals surface area contributed by atoms with E-state index in [1.165, 1.54) is 40.7 Å². The number of hydrogen-bond donors (Lipinski definition) is 2. The van der Waals surface area contributed by atoms with Gasteiger partial charge in [0, 0.05) is 24.7 Å². The highest BCUT2D eigenvalue weighted by molar-refractivity contribution is 7.89. The molecule has 1 aliphatic heterocycles. The molecule has 1 heterocycles. The largest absolute Gasteiger partial charge is 0.369 e. The van der Waals surface area contributed by atoms with E-state index in [0.717, 1.165) is 5.56 Å². The standard InChI is InChI=1S/C22H25ClFN3O4S/c23-18-5-9-20(10-6-18)32(30,31)27-11-1-2-16(14-27)22(29)26-13-17(21(25)28)12-15-3-7-19(24)8-4-15/h3-10,16-17H,1-2,11-14H2,(H2,25,28)(H,26,29). The first-order chi connectivity index (χ1) is 15.2. The Morgan fingerprint density at radius 1 is 1.16 bits per heavy atom. The minimum absolute atomic E-state index is 0.0198. The van der Waals surface area contributed by atoms with Crippen molar-refractivity contribution in [2.45, 2.75) is 24.2 Å². The number of piperidine rings is 1. The monoisotopic (exact) mass is 481 g/mol. The molecule has 2 atom stereocenters. The summed E-state index contributed by atoms with van der Waals surface area (Å²) < 4.78 is 40.2. The molecule has 10 heteroatoms. The molecule has 0 bridgehead atoms.